The lowest BCUT2D eigenvalue weighted by Gasteiger charge is -2.23. The van der Waals surface area contributed by atoms with Crippen molar-refractivity contribution < 1.29 is 4.74 Å². The van der Waals surface area contributed by atoms with Crippen LogP contribution in [0.15, 0.2) is 30.3 Å². The van der Waals surface area contributed by atoms with Crippen LogP contribution in [0.1, 0.15) is 31.0 Å². The van der Waals surface area contributed by atoms with E-state index < -0.39 is 0 Å². The summed E-state index contributed by atoms with van der Waals surface area (Å²) in [4.78, 5) is 5.84. The number of nitrogens with two attached hydrogens (primary N) is 1. The summed E-state index contributed by atoms with van der Waals surface area (Å²) in [5.74, 6) is 0. The molecule has 102 valence electrons. The number of ether oxygens (including phenoxy) is 1. The first-order chi connectivity index (χ1) is 9.14. The second kappa shape index (κ2) is 5.82. The van der Waals surface area contributed by atoms with Gasteiger partial charge in [0, 0.05) is 13.7 Å². The Hall–Kier alpha value is -1.23. The molecule has 1 unspecified atom stereocenters. The van der Waals surface area contributed by atoms with E-state index in [1.54, 1.807) is 18.4 Å². The Bertz CT molecular complexity index is 532. The molecule has 19 heavy (non-hydrogen) atoms. The summed E-state index contributed by atoms with van der Waals surface area (Å²) in [7, 11) is 1.73. The Morgan fingerprint density at radius 3 is 2.53 bits per heavy atom. The monoisotopic (exact) mass is 276 g/mol. The third-order valence-corrected chi connectivity index (χ3v) is 4.90. The third-order valence-electron chi connectivity index (χ3n) is 3.50. The number of benzene rings is 1. The lowest BCUT2D eigenvalue weighted by atomic mass is 10.0. The molecule has 1 heterocycles. The molecule has 2 N–H and O–H groups in total. The fourth-order valence-electron chi connectivity index (χ4n) is 1.91. The zero-order valence-corrected chi connectivity index (χ0v) is 12.5. The van der Waals surface area contributed by atoms with Crippen LogP contribution in [0.25, 0.3) is 10.4 Å². The van der Waals surface area contributed by atoms with Gasteiger partial charge < -0.3 is 10.5 Å². The highest BCUT2D eigenvalue weighted by Gasteiger charge is 2.29. The molecule has 0 spiro atoms. The largest absolute Gasteiger partial charge is 0.371 e. The van der Waals surface area contributed by atoms with E-state index in [9.17, 15) is 0 Å². The quantitative estimate of drug-likeness (QED) is 0.908. The number of aromatic nitrogens is 1. The van der Waals surface area contributed by atoms with Gasteiger partial charge in [0.2, 0.25) is 0 Å². The molecule has 0 radical (unpaired) electrons. The topological polar surface area (TPSA) is 48.1 Å². The zero-order chi connectivity index (χ0) is 13.9. The first-order valence-corrected chi connectivity index (χ1v) is 7.27. The van der Waals surface area contributed by atoms with Crippen LogP contribution in [0, 0.1) is 0 Å². The van der Waals surface area contributed by atoms with Gasteiger partial charge in [0.05, 0.1) is 10.6 Å². The molecule has 2 aromatic rings. The summed E-state index contributed by atoms with van der Waals surface area (Å²) in [6.07, 6.45) is 0.884. The average Bonchev–Trinajstić information content (AvgIpc) is 2.92. The minimum Gasteiger partial charge on any atom is -0.371 e. The Morgan fingerprint density at radius 2 is 2.00 bits per heavy atom. The highest BCUT2D eigenvalue weighted by Crippen LogP contribution is 2.37. The number of nitrogens with zero attached hydrogens (tertiary/aromatic N) is 1. The summed E-state index contributed by atoms with van der Waals surface area (Å²) in [6.45, 7) is 4.63. The zero-order valence-electron chi connectivity index (χ0n) is 11.6. The van der Waals surface area contributed by atoms with Crippen LogP contribution in [0.5, 0.6) is 0 Å². The van der Waals surface area contributed by atoms with Crippen molar-refractivity contribution in [2.24, 2.45) is 5.73 Å². The Kier molecular flexibility index (Phi) is 4.34. The van der Waals surface area contributed by atoms with E-state index >= 15 is 0 Å². The van der Waals surface area contributed by atoms with Crippen LogP contribution in [0.4, 0.5) is 0 Å². The number of hydrogen-bond acceptors (Lipinski definition) is 4. The van der Waals surface area contributed by atoms with Crippen LogP contribution < -0.4 is 5.73 Å². The number of rotatable bonds is 5. The van der Waals surface area contributed by atoms with Crippen molar-refractivity contribution in [3.63, 3.8) is 0 Å². The summed E-state index contributed by atoms with van der Waals surface area (Å²) in [5.41, 5.74) is 7.61. The minimum atomic E-state index is -0.332. The highest BCUT2D eigenvalue weighted by atomic mass is 32.1. The van der Waals surface area contributed by atoms with E-state index in [0.29, 0.717) is 6.54 Å². The summed E-state index contributed by atoms with van der Waals surface area (Å²) < 4.78 is 5.63. The van der Waals surface area contributed by atoms with Crippen LogP contribution >= 0.6 is 11.3 Å². The molecule has 0 aliphatic carbocycles. The van der Waals surface area contributed by atoms with Gasteiger partial charge in [-0.3, -0.25) is 0 Å². The lowest BCUT2D eigenvalue weighted by molar-refractivity contribution is -0.00166. The van der Waals surface area contributed by atoms with Crippen LogP contribution in [-0.4, -0.2) is 12.1 Å². The molecule has 0 saturated heterocycles. The maximum atomic E-state index is 5.83. The van der Waals surface area contributed by atoms with Crippen LogP contribution in [0.3, 0.4) is 0 Å². The van der Waals surface area contributed by atoms with Crippen molar-refractivity contribution in [2.45, 2.75) is 32.4 Å². The standard InChI is InChI=1S/C15H20N2OS/c1-4-15(2,18-3)14-17-12(10-16)13(19-14)11-8-6-5-7-9-11/h5-9H,4,10,16H2,1-3H3. The SMILES string of the molecule is CCC(C)(OC)c1nc(CN)c(-c2ccccc2)s1. The summed E-state index contributed by atoms with van der Waals surface area (Å²) >= 11 is 1.68. The van der Waals surface area contributed by atoms with Gasteiger partial charge in [-0.1, -0.05) is 37.3 Å². The maximum Gasteiger partial charge on any atom is 0.125 e. The molecule has 4 heteroatoms. The minimum absolute atomic E-state index is 0.332. The number of hydrogen-bond donors (Lipinski definition) is 1. The van der Waals surface area contributed by atoms with E-state index in [4.69, 9.17) is 10.5 Å². The van der Waals surface area contributed by atoms with Crippen molar-refractivity contribution in [1.29, 1.82) is 0 Å². The Labute approximate surface area is 118 Å². The number of thiazole rings is 1. The van der Waals surface area contributed by atoms with E-state index in [1.165, 1.54) is 5.56 Å². The second-order valence-electron chi connectivity index (χ2n) is 4.65. The molecule has 3 nitrogen and oxygen atoms in total. The molecular weight excluding hydrogens is 256 g/mol. The van der Waals surface area contributed by atoms with E-state index in [-0.39, 0.29) is 5.60 Å². The molecule has 1 atom stereocenters. The lowest BCUT2D eigenvalue weighted by Crippen LogP contribution is -2.23. The smallest absolute Gasteiger partial charge is 0.125 e. The van der Waals surface area contributed by atoms with Crippen molar-refractivity contribution in [3.05, 3.63) is 41.0 Å². The molecule has 0 bridgehead atoms. The summed E-state index contributed by atoms with van der Waals surface area (Å²) in [6, 6.07) is 10.3. The maximum absolute atomic E-state index is 5.83. The van der Waals surface area contributed by atoms with Gasteiger partial charge in [-0.15, -0.1) is 11.3 Å². The highest BCUT2D eigenvalue weighted by molar-refractivity contribution is 7.15. The molecule has 2 rings (SSSR count). The molecule has 0 aliphatic rings. The molecule has 0 aliphatic heterocycles. The molecular formula is C15H20N2OS. The van der Waals surface area contributed by atoms with Gasteiger partial charge in [-0.25, -0.2) is 4.98 Å². The Morgan fingerprint density at radius 1 is 1.32 bits per heavy atom. The van der Waals surface area contributed by atoms with E-state index in [2.05, 4.69) is 31.0 Å². The van der Waals surface area contributed by atoms with Crippen molar-refractivity contribution >= 4 is 11.3 Å². The average molecular weight is 276 g/mol. The molecule has 1 aromatic heterocycles. The molecule has 1 aromatic carbocycles. The van der Waals surface area contributed by atoms with Crippen molar-refractivity contribution in [3.8, 4) is 10.4 Å². The van der Waals surface area contributed by atoms with E-state index in [1.807, 2.05) is 18.2 Å². The van der Waals surface area contributed by atoms with Gasteiger partial charge in [0.25, 0.3) is 0 Å². The Balaban J connectivity index is 2.49. The first-order valence-electron chi connectivity index (χ1n) is 6.45. The van der Waals surface area contributed by atoms with Crippen LogP contribution in [-0.2, 0) is 16.9 Å². The fraction of sp³-hybridized carbons (Fsp3) is 0.400. The third kappa shape index (κ3) is 2.71. The first kappa shape index (κ1) is 14.2. The summed E-state index contributed by atoms with van der Waals surface area (Å²) in [5, 5.41) is 0.997. The molecule has 0 fully saturated rings. The second-order valence-corrected chi connectivity index (χ2v) is 5.65. The van der Waals surface area contributed by atoms with Crippen LogP contribution in [0.2, 0.25) is 0 Å². The fourth-order valence-corrected chi connectivity index (χ4v) is 3.21. The predicted octanol–water partition coefficient (Wildman–Crippen LogP) is 3.54. The van der Waals surface area contributed by atoms with E-state index in [0.717, 1.165) is 22.0 Å². The van der Waals surface area contributed by atoms with Gasteiger partial charge >= 0.3 is 0 Å². The van der Waals surface area contributed by atoms with Crippen molar-refractivity contribution in [2.75, 3.05) is 7.11 Å². The van der Waals surface area contributed by atoms with Crippen molar-refractivity contribution in [1.82, 2.24) is 4.98 Å². The predicted molar refractivity (Wildman–Crippen MR) is 80.1 cm³/mol. The molecule has 0 saturated carbocycles. The normalized spacial score (nSPS) is 14.3. The van der Waals surface area contributed by atoms with Gasteiger partial charge in [0.15, 0.2) is 0 Å². The van der Waals surface area contributed by atoms with Gasteiger partial charge in [0.1, 0.15) is 10.6 Å². The number of methoxy groups -OCH3 is 1. The van der Waals surface area contributed by atoms with Gasteiger partial charge in [-0.05, 0) is 18.9 Å². The molecule has 0 amide bonds. The van der Waals surface area contributed by atoms with Gasteiger partial charge in [-0.2, -0.15) is 0 Å².